The second-order valence-corrected chi connectivity index (χ2v) is 4.52. The van der Waals surface area contributed by atoms with Crippen LogP contribution in [0.5, 0.6) is 0 Å². The van der Waals surface area contributed by atoms with E-state index in [-0.39, 0.29) is 30.7 Å². The minimum absolute atomic E-state index is 0. The van der Waals surface area contributed by atoms with Crippen LogP contribution in [0.25, 0.3) is 0 Å². The van der Waals surface area contributed by atoms with Crippen LogP contribution in [0.3, 0.4) is 0 Å². The van der Waals surface area contributed by atoms with E-state index in [4.69, 9.17) is 5.84 Å². The molecule has 0 atom stereocenters. The van der Waals surface area contributed by atoms with E-state index in [0.717, 1.165) is 24.2 Å². The minimum Gasteiger partial charge on any atom is -0.338 e. The first-order chi connectivity index (χ1) is 9.19. The van der Waals surface area contributed by atoms with Crippen molar-refractivity contribution in [2.24, 2.45) is 12.9 Å². The summed E-state index contributed by atoms with van der Waals surface area (Å²) in [6, 6.07) is 8.01. The number of carbonyl (C=O) groups excluding carboxylic acids is 1. The van der Waals surface area contributed by atoms with Gasteiger partial charge in [-0.1, -0.05) is 24.3 Å². The Morgan fingerprint density at radius 1 is 1.19 bits per heavy atom. The van der Waals surface area contributed by atoms with E-state index >= 15 is 0 Å². The van der Waals surface area contributed by atoms with Crippen molar-refractivity contribution in [2.75, 3.05) is 0 Å². The van der Waals surface area contributed by atoms with E-state index in [1.165, 1.54) is 5.56 Å². The van der Waals surface area contributed by atoms with Gasteiger partial charge in [0.1, 0.15) is 5.82 Å². The highest BCUT2D eigenvalue weighted by Crippen LogP contribution is 2.08. The summed E-state index contributed by atoms with van der Waals surface area (Å²) in [5.41, 5.74) is 4.33. The molecule has 1 aromatic heterocycles. The maximum Gasteiger partial charge on any atom is 0.238 e. The number of halogens is 2. The molecule has 0 aliphatic heterocycles. The molecule has 1 heterocycles. The number of hydrazine groups is 1. The van der Waals surface area contributed by atoms with Gasteiger partial charge in [-0.15, -0.1) is 24.8 Å². The van der Waals surface area contributed by atoms with Crippen LogP contribution in [0.1, 0.15) is 17.0 Å². The third-order valence-electron chi connectivity index (χ3n) is 3.11. The predicted molar refractivity (Wildman–Crippen MR) is 87.6 cm³/mol. The number of nitrogens with two attached hydrogens (primary N) is 1. The first kappa shape index (κ1) is 19.4. The molecule has 0 aliphatic carbocycles. The van der Waals surface area contributed by atoms with Crippen molar-refractivity contribution < 1.29 is 4.79 Å². The molecule has 5 nitrogen and oxygen atoms in total. The maximum atomic E-state index is 11.1. The number of nitrogens with one attached hydrogen (secondary N) is 1. The zero-order chi connectivity index (χ0) is 13.7. The summed E-state index contributed by atoms with van der Waals surface area (Å²) >= 11 is 0. The summed E-state index contributed by atoms with van der Waals surface area (Å²) < 4.78 is 2.03. The Morgan fingerprint density at radius 3 is 2.33 bits per heavy atom. The SMILES string of the molecule is Cl.Cl.Cn1ccnc1CCc1ccc(CC(=O)NN)cc1. The van der Waals surface area contributed by atoms with Gasteiger partial charge in [0.25, 0.3) is 0 Å². The highest BCUT2D eigenvalue weighted by molar-refractivity contribution is 5.85. The van der Waals surface area contributed by atoms with E-state index in [2.05, 4.69) is 10.4 Å². The lowest BCUT2D eigenvalue weighted by molar-refractivity contribution is -0.120. The van der Waals surface area contributed by atoms with Crippen molar-refractivity contribution in [3.63, 3.8) is 0 Å². The van der Waals surface area contributed by atoms with E-state index in [9.17, 15) is 4.79 Å². The van der Waals surface area contributed by atoms with Gasteiger partial charge >= 0.3 is 0 Å². The summed E-state index contributed by atoms with van der Waals surface area (Å²) in [7, 11) is 2.00. The number of rotatable bonds is 5. The smallest absolute Gasteiger partial charge is 0.238 e. The molecular weight excluding hydrogens is 311 g/mol. The largest absolute Gasteiger partial charge is 0.338 e. The van der Waals surface area contributed by atoms with Gasteiger partial charge in [-0.2, -0.15) is 0 Å². The summed E-state index contributed by atoms with van der Waals surface area (Å²) in [6.45, 7) is 0. The molecule has 3 N–H and O–H groups in total. The molecule has 1 aromatic carbocycles. The molecule has 0 bridgehead atoms. The van der Waals surface area contributed by atoms with E-state index in [1.54, 1.807) is 0 Å². The molecule has 0 saturated carbocycles. The molecule has 2 aromatic rings. The second-order valence-electron chi connectivity index (χ2n) is 4.52. The quantitative estimate of drug-likeness (QED) is 0.496. The summed E-state index contributed by atoms with van der Waals surface area (Å²) in [6.07, 6.45) is 5.92. The highest BCUT2D eigenvalue weighted by Gasteiger charge is 2.03. The van der Waals surface area contributed by atoms with Crippen LogP contribution in [-0.4, -0.2) is 15.5 Å². The Hall–Kier alpha value is -1.56. The number of nitrogens with zero attached hydrogens (tertiary/aromatic N) is 2. The van der Waals surface area contributed by atoms with Gasteiger partial charge in [-0.25, -0.2) is 10.8 Å². The van der Waals surface area contributed by atoms with Gasteiger partial charge in [0, 0.05) is 25.9 Å². The number of aromatic nitrogens is 2. The fourth-order valence-corrected chi connectivity index (χ4v) is 1.95. The minimum atomic E-state index is -0.180. The number of benzene rings is 1. The van der Waals surface area contributed by atoms with E-state index in [1.807, 2.05) is 48.3 Å². The number of hydrogen-bond acceptors (Lipinski definition) is 3. The molecule has 0 radical (unpaired) electrons. The van der Waals surface area contributed by atoms with Crippen LogP contribution in [0.2, 0.25) is 0 Å². The average Bonchev–Trinajstić information content (AvgIpc) is 2.83. The van der Waals surface area contributed by atoms with Gasteiger partial charge in [0.15, 0.2) is 0 Å². The molecule has 21 heavy (non-hydrogen) atoms. The van der Waals surface area contributed by atoms with Crippen molar-refractivity contribution in [3.05, 3.63) is 53.6 Å². The van der Waals surface area contributed by atoms with Crippen molar-refractivity contribution in [1.29, 1.82) is 0 Å². The molecule has 7 heteroatoms. The number of imidazole rings is 1. The summed E-state index contributed by atoms with van der Waals surface area (Å²) in [4.78, 5) is 15.4. The number of carbonyl (C=O) groups is 1. The Kier molecular flexibility index (Phi) is 8.69. The van der Waals surface area contributed by atoms with Crippen LogP contribution in [0.4, 0.5) is 0 Å². The van der Waals surface area contributed by atoms with E-state index in [0.29, 0.717) is 6.42 Å². The molecule has 0 spiro atoms. The fraction of sp³-hybridized carbons (Fsp3) is 0.286. The highest BCUT2D eigenvalue weighted by atomic mass is 35.5. The second kappa shape index (κ2) is 9.39. The van der Waals surface area contributed by atoms with Crippen molar-refractivity contribution in [3.8, 4) is 0 Å². The molecule has 0 aliphatic rings. The number of amides is 1. The van der Waals surface area contributed by atoms with Crippen LogP contribution in [0, 0.1) is 0 Å². The van der Waals surface area contributed by atoms with Crippen LogP contribution in [0.15, 0.2) is 36.7 Å². The number of aryl methyl sites for hydroxylation is 3. The van der Waals surface area contributed by atoms with Crippen molar-refractivity contribution in [2.45, 2.75) is 19.3 Å². The Balaban J connectivity index is 0.00000200. The lowest BCUT2D eigenvalue weighted by Crippen LogP contribution is -2.31. The predicted octanol–water partition coefficient (Wildman–Crippen LogP) is 1.58. The van der Waals surface area contributed by atoms with Gasteiger partial charge in [-0.3, -0.25) is 10.2 Å². The molecular formula is C14H20Cl2N4O. The molecule has 0 fully saturated rings. The zero-order valence-electron chi connectivity index (χ0n) is 11.8. The average molecular weight is 331 g/mol. The van der Waals surface area contributed by atoms with Crippen molar-refractivity contribution in [1.82, 2.24) is 15.0 Å². The Labute approximate surface area is 136 Å². The summed E-state index contributed by atoms with van der Waals surface area (Å²) in [5, 5.41) is 0. The maximum absolute atomic E-state index is 11.1. The third-order valence-corrected chi connectivity index (χ3v) is 3.11. The molecule has 1 amide bonds. The van der Waals surface area contributed by atoms with Gasteiger partial charge in [0.2, 0.25) is 5.91 Å². The molecule has 0 saturated heterocycles. The summed E-state index contributed by atoms with van der Waals surface area (Å²) in [5.74, 6) is 5.95. The van der Waals surface area contributed by atoms with Crippen molar-refractivity contribution >= 4 is 30.7 Å². The van der Waals surface area contributed by atoms with Gasteiger partial charge in [0.05, 0.1) is 6.42 Å². The first-order valence-corrected chi connectivity index (χ1v) is 6.22. The lowest BCUT2D eigenvalue weighted by Gasteiger charge is -2.04. The van der Waals surface area contributed by atoms with Crippen LogP contribution >= 0.6 is 24.8 Å². The van der Waals surface area contributed by atoms with Crippen LogP contribution in [-0.2, 0) is 31.1 Å². The van der Waals surface area contributed by atoms with Crippen LogP contribution < -0.4 is 11.3 Å². The fourth-order valence-electron chi connectivity index (χ4n) is 1.95. The molecule has 0 unspecified atom stereocenters. The number of hydrogen-bond donors (Lipinski definition) is 2. The topological polar surface area (TPSA) is 72.9 Å². The monoisotopic (exact) mass is 330 g/mol. The van der Waals surface area contributed by atoms with Gasteiger partial charge < -0.3 is 4.57 Å². The van der Waals surface area contributed by atoms with E-state index < -0.39 is 0 Å². The lowest BCUT2D eigenvalue weighted by atomic mass is 10.1. The molecule has 2 rings (SSSR count). The van der Waals surface area contributed by atoms with Gasteiger partial charge in [-0.05, 0) is 17.5 Å². The third kappa shape index (κ3) is 5.75. The molecule has 116 valence electrons. The first-order valence-electron chi connectivity index (χ1n) is 6.22. The standard InChI is InChI=1S/C14H18N4O.2ClH/c1-18-9-8-16-13(18)7-6-11-2-4-12(5-3-11)10-14(19)17-15;;/h2-5,8-9H,6-7,10,15H2,1H3,(H,17,19);2*1H. The zero-order valence-corrected chi connectivity index (χ0v) is 13.4. The Morgan fingerprint density at radius 2 is 1.81 bits per heavy atom. The Bertz CT molecular complexity index is 554. The normalized spacial score (nSPS) is 9.43.